The normalized spacial score (nSPS) is 29.0. The number of rotatable bonds is 2. The fraction of sp³-hybridized carbons (Fsp3) is 0.600. The van der Waals surface area contributed by atoms with Gasteiger partial charge in [-0.25, -0.2) is 0 Å². The number of fused-ring (bicyclic) bond motifs is 1. The van der Waals surface area contributed by atoms with Gasteiger partial charge in [0.2, 0.25) is 0 Å². The van der Waals surface area contributed by atoms with Crippen molar-refractivity contribution >= 4 is 0 Å². The van der Waals surface area contributed by atoms with Crippen molar-refractivity contribution in [2.24, 2.45) is 5.92 Å². The van der Waals surface area contributed by atoms with E-state index in [2.05, 4.69) is 29.6 Å². The molecule has 2 unspecified atom stereocenters. The number of benzene rings is 1. The highest BCUT2D eigenvalue weighted by Crippen LogP contribution is 2.38. The SMILES string of the molecule is c1ccc2c(c1)CCC2CC1CCCNC1. The van der Waals surface area contributed by atoms with Crippen LogP contribution in [0.4, 0.5) is 0 Å². The van der Waals surface area contributed by atoms with Crippen LogP contribution in [0.5, 0.6) is 0 Å². The van der Waals surface area contributed by atoms with E-state index >= 15 is 0 Å². The van der Waals surface area contributed by atoms with Crippen LogP contribution < -0.4 is 5.32 Å². The Balaban J connectivity index is 1.68. The number of hydrogen-bond acceptors (Lipinski definition) is 1. The number of piperidine rings is 1. The van der Waals surface area contributed by atoms with Gasteiger partial charge in [-0.3, -0.25) is 0 Å². The molecule has 1 aliphatic carbocycles. The van der Waals surface area contributed by atoms with Crippen LogP contribution in [0.2, 0.25) is 0 Å². The standard InChI is InChI=1S/C15H21N/c1-2-6-15-13(5-1)7-8-14(15)10-12-4-3-9-16-11-12/h1-2,5-6,12,14,16H,3-4,7-11H2. The lowest BCUT2D eigenvalue weighted by molar-refractivity contribution is 0.334. The van der Waals surface area contributed by atoms with Gasteiger partial charge in [0.25, 0.3) is 0 Å². The van der Waals surface area contributed by atoms with Gasteiger partial charge in [-0.05, 0) is 68.2 Å². The lowest BCUT2D eigenvalue weighted by Crippen LogP contribution is -2.30. The molecule has 1 nitrogen and oxygen atoms in total. The maximum absolute atomic E-state index is 3.53. The van der Waals surface area contributed by atoms with E-state index in [0.29, 0.717) is 0 Å². The van der Waals surface area contributed by atoms with Crippen molar-refractivity contribution in [3.05, 3.63) is 35.4 Å². The van der Waals surface area contributed by atoms with Gasteiger partial charge in [-0.2, -0.15) is 0 Å². The molecule has 2 aliphatic rings. The fourth-order valence-corrected chi connectivity index (χ4v) is 3.42. The van der Waals surface area contributed by atoms with Crippen LogP contribution in [0.25, 0.3) is 0 Å². The third kappa shape index (κ3) is 2.01. The predicted octanol–water partition coefficient (Wildman–Crippen LogP) is 3.11. The first-order valence-electron chi connectivity index (χ1n) is 6.72. The minimum Gasteiger partial charge on any atom is -0.316 e. The van der Waals surface area contributed by atoms with E-state index in [1.807, 2.05) is 0 Å². The van der Waals surface area contributed by atoms with Crippen molar-refractivity contribution in [1.82, 2.24) is 5.32 Å². The van der Waals surface area contributed by atoms with Crippen LogP contribution in [0.1, 0.15) is 42.7 Å². The van der Waals surface area contributed by atoms with Crippen LogP contribution in [0, 0.1) is 5.92 Å². The van der Waals surface area contributed by atoms with E-state index in [4.69, 9.17) is 0 Å². The second-order valence-corrected chi connectivity index (χ2v) is 5.38. The minimum absolute atomic E-state index is 0.848. The molecule has 0 saturated carbocycles. The molecule has 1 heterocycles. The Bertz CT molecular complexity index is 352. The topological polar surface area (TPSA) is 12.0 Å². The maximum Gasteiger partial charge on any atom is -0.00203 e. The minimum atomic E-state index is 0.848. The van der Waals surface area contributed by atoms with Gasteiger partial charge in [-0.1, -0.05) is 24.3 Å². The summed E-state index contributed by atoms with van der Waals surface area (Å²) < 4.78 is 0. The quantitative estimate of drug-likeness (QED) is 0.799. The summed E-state index contributed by atoms with van der Waals surface area (Å²) in [5.74, 6) is 1.77. The van der Waals surface area contributed by atoms with Gasteiger partial charge in [0.1, 0.15) is 0 Å². The first-order valence-corrected chi connectivity index (χ1v) is 6.72. The molecule has 1 fully saturated rings. The highest BCUT2D eigenvalue weighted by atomic mass is 14.9. The smallest absolute Gasteiger partial charge is 0.00203 e. The van der Waals surface area contributed by atoms with E-state index in [9.17, 15) is 0 Å². The molecule has 0 aromatic heterocycles. The Morgan fingerprint density at radius 3 is 3.00 bits per heavy atom. The second kappa shape index (κ2) is 4.58. The average molecular weight is 215 g/mol. The number of aryl methyl sites for hydroxylation is 1. The Hall–Kier alpha value is -0.820. The van der Waals surface area contributed by atoms with E-state index < -0.39 is 0 Å². The van der Waals surface area contributed by atoms with Gasteiger partial charge >= 0.3 is 0 Å². The summed E-state index contributed by atoms with van der Waals surface area (Å²) in [4.78, 5) is 0. The van der Waals surface area contributed by atoms with Crippen molar-refractivity contribution in [3.63, 3.8) is 0 Å². The van der Waals surface area contributed by atoms with Crippen LogP contribution in [-0.2, 0) is 6.42 Å². The molecule has 1 N–H and O–H groups in total. The van der Waals surface area contributed by atoms with Crippen molar-refractivity contribution < 1.29 is 0 Å². The van der Waals surface area contributed by atoms with Crippen LogP contribution in [0.3, 0.4) is 0 Å². The van der Waals surface area contributed by atoms with Gasteiger partial charge in [-0.15, -0.1) is 0 Å². The van der Waals surface area contributed by atoms with Crippen molar-refractivity contribution in [3.8, 4) is 0 Å². The Labute approximate surface area is 98.3 Å². The molecule has 1 aromatic rings. The van der Waals surface area contributed by atoms with Crippen molar-refractivity contribution in [1.29, 1.82) is 0 Å². The van der Waals surface area contributed by atoms with Crippen molar-refractivity contribution in [2.45, 2.75) is 38.0 Å². The molecule has 0 amide bonds. The zero-order valence-corrected chi connectivity index (χ0v) is 9.91. The lowest BCUT2D eigenvalue weighted by atomic mass is 9.86. The van der Waals surface area contributed by atoms with Gasteiger partial charge < -0.3 is 5.32 Å². The van der Waals surface area contributed by atoms with E-state index in [0.717, 1.165) is 11.8 Å². The zero-order chi connectivity index (χ0) is 10.8. The summed E-state index contributed by atoms with van der Waals surface area (Å²) in [6.45, 7) is 2.48. The molecule has 1 aliphatic heterocycles. The molecule has 1 saturated heterocycles. The Morgan fingerprint density at radius 2 is 2.12 bits per heavy atom. The number of hydrogen-bond donors (Lipinski definition) is 1. The van der Waals surface area contributed by atoms with Crippen LogP contribution >= 0.6 is 0 Å². The van der Waals surface area contributed by atoms with Gasteiger partial charge in [0.05, 0.1) is 0 Å². The molecule has 1 heteroatoms. The molecule has 0 radical (unpaired) electrons. The Kier molecular flexibility index (Phi) is 2.96. The zero-order valence-electron chi connectivity index (χ0n) is 9.91. The monoisotopic (exact) mass is 215 g/mol. The fourth-order valence-electron chi connectivity index (χ4n) is 3.42. The third-order valence-electron chi connectivity index (χ3n) is 4.27. The van der Waals surface area contributed by atoms with Crippen LogP contribution in [-0.4, -0.2) is 13.1 Å². The summed E-state index contributed by atoms with van der Waals surface area (Å²) in [5.41, 5.74) is 3.25. The van der Waals surface area contributed by atoms with Crippen LogP contribution in [0.15, 0.2) is 24.3 Å². The molecular weight excluding hydrogens is 194 g/mol. The predicted molar refractivity (Wildman–Crippen MR) is 67.7 cm³/mol. The van der Waals surface area contributed by atoms with Crippen molar-refractivity contribution in [2.75, 3.05) is 13.1 Å². The summed E-state index contributed by atoms with van der Waals surface area (Å²) >= 11 is 0. The molecule has 3 rings (SSSR count). The summed E-state index contributed by atoms with van der Waals surface area (Å²) in [7, 11) is 0. The van der Waals surface area contributed by atoms with E-state index in [-0.39, 0.29) is 0 Å². The first-order chi connectivity index (χ1) is 7.93. The second-order valence-electron chi connectivity index (χ2n) is 5.38. The average Bonchev–Trinajstić information content (AvgIpc) is 2.74. The van der Waals surface area contributed by atoms with Gasteiger partial charge in [0, 0.05) is 0 Å². The first kappa shape index (κ1) is 10.3. The summed E-state index contributed by atoms with van der Waals surface area (Å²) in [6.07, 6.45) is 6.91. The summed E-state index contributed by atoms with van der Waals surface area (Å²) in [6, 6.07) is 9.05. The van der Waals surface area contributed by atoms with Gasteiger partial charge in [0.15, 0.2) is 0 Å². The van der Waals surface area contributed by atoms with E-state index in [1.54, 1.807) is 11.1 Å². The maximum atomic E-state index is 3.53. The largest absolute Gasteiger partial charge is 0.316 e. The molecule has 0 spiro atoms. The molecule has 1 aromatic carbocycles. The molecule has 16 heavy (non-hydrogen) atoms. The molecule has 0 bridgehead atoms. The number of nitrogens with one attached hydrogen (secondary N) is 1. The molecule has 2 atom stereocenters. The molecular formula is C15H21N. The highest BCUT2D eigenvalue weighted by molar-refractivity contribution is 5.34. The van der Waals surface area contributed by atoms with E-state index in [1.165, 1.54) is 45.2 Å². The molecule has 86 valence electrons. The highest BCUT2D eigenvalue weighted by Gasteiger charge is 2.25. The Morgan fingerprint density at radius 1 is 1.19 bits per heavy atom. The lowest BCUT2D eigenvalue weighted by Gasteiger charge is -2.25. The third-order valence-corrected chi connectivity index (χ3v) is 4.27. The summed E-state index contributed by atoms with van der Waals surface area (Å²) in [5, 5.41) is 3.53.